The molecule has 3 unspecified atom stereocenters. The lowest BCUT2D eigenvalue weighted by molar-refractivity contribution is -0.147. The molecule has 1 aromatic carbocycles. The standard InChI is InChI=1S/C23H36INO5/c1-16(10-11-19(15-26)25-21(28)30-22(2,3)4)12-13-23(5,20(27)29-6)17-8-7-9-18(24)14-17/h7-9,14,16,19,26H,10-13,15H2,1-6H3,(H,25,28). The molecule has 1 amide bonds. The van der Waals surface area contributed by atoms with E-state index in [1.165, 1.54) is 7.11 Å². The maximum atomic E-state index is 12.6. The van der Waals surface area contributed by atoms with Crippen LogP contribution in [0.25, 0.3) is 0 Å². The molecule has 0 spiro atoms. The number of rotatable bonds is 10. The lowest BCUT2D eigenvalue weighted by atomic mass is 9.76. The largest absolute Gasteiger partial charge is 0.468 e. The van der Waals surface area contributed by atoms with E-state index in [1.807, 2.05) is 31.2 Å². The molecular formula is C23H36INO5. The van der Waals surface area contributed by atoms with Crippen LogP contribution in [0.3, 0.4) is 0 Å². The van der Waals surface area contributed by atoms with Crippen molar-refractivity contribution in [2.24, 2.45) is 5.92 Å². The fourth-order valence-electron chi connectivity index (χ4n) is 3.27. The maximum Gasteiger partial charge on any atom is 0.407 e. The van der Waals surface area contributed by atoms with E-state index in [0.29, 0.717) is 18.8 Å². The average molecular weight is 533 g/mol. The fraction of sp³-hybridized carbons (Fsp3) is 0.652. The Morgan fingerprint density at radius 3 is 2.37 bits per heavy atom. The number of ether oxygens (including phenoxy) is 2. The Morgan fingerprint density at radius 2 is 1.83 bits per heavy atom. The molecule has 3 atom stereocenters. The Hall–Kier alpha value is -1.35. The van der Waals surface area contributed by atoms with Gasteiger partial charge in [-0.1, -0.05) is 19.1 Å². The summed E-state index contributed by atoms with van der Waals surface area (Å²) in [5.74, 6) is 0.0720. The highest BCUT2D eigenvalue weighted by Gasteiger charge is 2.36. The van der Waals surface area contributed by atoms with E-state index < -0.39 is 17.1 Å². The molecule has 2 N–H and O–H groups in total. The van der Waals surface area contributed by atoms with Gasteiger partial charge in [-0.25, -0.2) is 4.79 Å². The summed E-state index contributed by atoms with van der Waals surface area (Å²) >= 11 is 2.24. The van der Waals surface area contributed by atoms with Gasteiger partial charge in [0.2, 0.25) is 0 Å². The number of alkyl carbamates (subject to hydrolysis) is 1. The minimum Gasteiger partial charge on any atom is -0.468 e. The van der Waals surface area contributed by atoms with Crippen LogP contribution in [0.15, 0.2) is 24.3 Å². The number of hydrogen-bond donors (Lipinski definition) is 2. The summed E-state index contributed by atoms with van der Waals surface area (Å²) < 4.78 is 11.4. The van der Waals surface area contributed by atoms with Crippen molar-refractivity contribution in [1.82, 2.24) is 5.32 Å². The molecule has 6 nitrogen and oxygen atoms in total. The number of nitrogens with one attached hydrogen (secondary N) is 1. The maximum absolute atomic E-state index is 12.6. The lowest BCUT2D eigenvalue weighted by Crippen LogP contribution is -2.41. The molecule has 0 aliphatic carbocycles. The number of hydrogen-bond acceptors (Lipinski definition) is 5. The van der Waals surface area contributed by atoms with E-state index in [0.717, 1.165) is 22.0 Å². The Kier molecular flexibility index (Phi) is 10.6. The first-order chi connectivity index (χ1) is 13.9. The molecule has 0 saturated carbocycles. The summed E-state index contributed by atoms with van der Waals surface area (Å²) in [6.07, 6.45) is 2.40. The average Bonchev–Trinajstić information content (AvgIpc) is 2.67. The zero-order chi connectivity index (χ0) is 22.9. The first-order valence-electron chi connectivity index (χ1n) is 10.4. The first-order valence-corrected chi connectivity index (χ1v) is 11.4. The molecular weight excluding hydrogens is 497 g/mol. The van der Waals surface area contributed by atoms with Crippen molar-refractivity contribution < 1.29 is 24.2 Å². The van der Waals surface area contributed by atoms with E-state index in [-0.39, 0.29) is 18.6 Å². The Balaban J connectivity index is 2.66. The zero-order valence-corrected chi connectivity index (χ0v) is 21.1. The number of methoxy groups -OCH3 is 1. The van der Waals surface area contributed by atoms with Gasteiger partial charge in [-0.15, -0.1) is 0 Å². The summed E-state index contributed by atoms with van der Waals surface area (Å²) in [6.45, 7) is 9.30. The molecule has 0 fully saturated rings. The van der Waals surface area contributed by atoms with Crippen molar-refractivity contribution in [2.75, 3.05) is 13.7 Å². The number of aliphatic hydroxyl groups excluding tert-OH is 1. The molecule has 0 aliphatic heterocycles. The third-order valence-electron chi connectivity index (χ3n) is 5.18. The van der Waals surface area contributed by atoms with Crippen LogP contribution < -0.4 is 5.32 Å². The Bertz CT molecular complexity index is 703. The molecule has 1 rings (SSSR count). The normalized spacial score (nSPS) is 15.6. The van der Waals surface area contributed by atoms with Crippen LogP contribution in [-0.2, 0) is 19.7 Å². The summed E-state index contributed by atoms with van der Waals surface area (Å²) in [5.41, 5.74) is -0.339. The molecule has 7 heteroatoms. The smallest absolute Gasteiger partial charge is 0.407 e. The van der Waals surface area contributed by atoms with Gasteiger partial charge in [0.25, 0.3) is 0 Å². The van der Waals surface area contributed by atoms with Crippen molar-refractivity contribution in [1.29, 1.82) is 0 Å². The molecule has 30 heavy (non-hydrogen) atoms. The van der Waals surface area contributed by atoms with Crippen LogP contribution in [0.4, 0.5) is 4.79 Å². The van der Waals surface area contributed by atoms with Crippen LogP contribution >= 0.6 is 22.6 Å². The van der Waals surface area contributed by atoms with Crippen molar-refractivity contribution in [2.45, 2.75) is 77.4 Å². The molecule has 0 radical (unpaired) electrons. The second kappa shape index (κ2) is 11.9. The van der Waals surface area contributed by atoms with Gasteiger partial charge < -0.3 is 19.9 Å². The number of carbonyl (C=O) groups excluding carboxylic acids is 2. The highest BCUT2D eigenvalue weighted by atomic mass is 127. The van der Waals surface area contributed by atoms with Gasteiger partial charge in [0.1, 0.15) is 5.60 Å². The van der Waals surface area contributed by atoms with E-state index >= 15 is 0 Å². The van der Waals surface area contributed by atoms with E-state index in [2.05, 4.69) is 34.8 Å². The zero-order valence-electron chi connectivity index (χ0n) is 19.0. The van der Waals surface area contributed by atoms with E-state index in [1.54, 1.807) is 20.8 Å². The van der Waals surface area contributed by atoms with Gasteiger partial charge in [0.15, 0.2) is 0 Å². The fourth-order valence-corrected chi connectivity index (χ4v) is 3.81. The van der Waals surface area contributed by atoms with Gasteiger partial charge in [-0.05, 0) is 99.6 Å². The summed E-state index contributed by atoms with van der Waals surface area (Å²) in [5, 5.41) is 12.3. The van der Waals surface area contributed by atoms with Gasteiger partial charge in [0, 0.05) is 3.57 Å². The monoisotopic (exact) mass is 533 g/mol. The SMILES string of the molecule is COC(=O)C(C)(CCC(C)CCC(CO)NC(=O)OC(C)(C)C)c1cccc(I)c1. The molecule has 170 valence electrons. The van der Waals surface area contributed by atoms with Crippen molar-refractivity contribution in [3.8, 4) is 0 Å². The Labute approximate surface area is 194 Å². The highest BCUT2D eigenvalue weighted by Crippen LogP contribution is 2.33. The molecule has 0 aliphatic rings. The number of aliphatic hydroxyl groups is 1. The predicted molar refractivity (Wildman–Crippen MR) is 126 cm³/mol. The first kappa shape index (κ1) is 26.7. The minimum atomic E-state index is -0.713. The van der Waals surface area contributed by atoms with Crippen LogP contribution in [0, 0.1) is 9.49 Å². The highest BCUT2D eigenvalue weighted by molar-refractivity contribution is 14.1. The summed E-state index contributed by atoms with van der Waals surface area (Å²) in [7, 11) is 1.42. The number of amides is 1. The quantitative estimate of drug-likeness (QED) is 0.333. The van der Waals surface area contributed by atoms with Gasteiger partial charge >= 0.3 is 12.1 Å². The van der Waals surface area contributed by atoms with Gasteiger partial charge in [-0.2, -0.15) is 0 Å². The topological polar surface area (TPSA) is 84.9 Å². The van der Waals surface area contributed by atoms with Crippen LogP contribution in [0.1, 0.15) is 65.9 Å². The number of halogens is 1. The molecule has 0 aromatic heterocycles. The Morgan fingerprint density at radius 1 is 1.17 bits per heavy atom. The molecule has 1 aromatic rings. The van der Waals surface area contributed by atoms with E-state index in [9.17, 15) is 14.7 Å². The van der Waals surface area contributed by atoms with Crippen molar-refractivity contribution in [3.63, 3.8) is 0 Å². The van der Waals surface area contributed by atoms with Gasteiger partial charge in [0.05, 0.1) is 25.2 Å². The van der Waals surface area contributed by atoms with Crippen molar-refractivity contribution >= 4 is 34.7 Å². The third kappa shape index (κ3) is 8.79. The number of carbonyl (C=O) groups is 2. The number of esters is 1. The molecule has 0 heterocycles. The summed E-state index contributed by atoms with van der Waals surface area (Å²) in [4.78, 5) is 24.5. The minimum absolute atomic E-state index is 0.145. The number of benzene rings is 1. The van der Waals surface area contributed by atoms with E-state index in [4.69, 9.17) is 9.47 Å². The van der Waals surface area contributed by atoms with Crippen LogP contribution in [0.5, 0.6) is 0 Å². The van der Waals surface area contributed by atoms with Gasteiger partial charge in [-0.3, -0.25) is 4.79 Å². The predicted octanol–water partition coefficient (Wildman–Crippen LogP) is 4.80. The summed E-state index contributed by atoms with van der Waals surface area (Å²) in [6, 6.07) is 7.59. The van der Waals surface area contributed by atoms with Crippen molar-refractivity contribution in [3.05, 3.63) is 33.4 Å². The third-order valence-corrected chi connectivity index (χ3v) is 5.85. The second-order valence-corrected chi connectivity index (χ2v) is 10.3. The molecule has 0 saturated heterocycles. The second-order valence-electron chi connectivity index (χ2n) is 9.08. The van der Waals surface area contributed by atoms with Crippen LogP contribution in [-0.4, -0.2) is 42.5 Å². The molecule has 0 bridgehead atoms. The van der Waals surface area contributed by atoms with Crippen LogP contribution in [0.2, 0.25) is 0 Å². The lowest BCUT2D eigenvalue weighted by Gasteiger charge is -2.29.